The van der Waals surface area contributed by atoms with E-state index in [-0.39, 0.29) is 17.2 Å². The van der Waals surface area contributed by atoms with Crippen LogP contribution in [0.1, 0.15) is 23.0 Å². The smallest absolute Gasteiger partial charge is 0.314 e. The second kappa shape index (κ2) is 7.32. The van der Waals surface area contributed by atoms with Crippen LogP contribution in [0, 0.1) is 6.92 Å². The van der Waals surface area contributed by atoms with Gasteiger partial charge in [0.15, 0.2) is 11.5 Å². The van der Waals surface area contributed by atoms with E-state index in [1.807, 2.05) is 0 Å². The van der Waals surface area contributed by atoms with Crippen LogP contribution in [0.15, 0.2) is 53.3 Å². The van der Waals surface area contributed by atoms with Crippen LogP contribution in [0.5, 0.6) is 11.5 Å². The maximum atomic E-state index is 12.9. The lowest BCUT2D eigenvalue weighted by molar-refractivity contribution is 0.101. The minimum absolute atomic E-state index is 0.0208. The standard InChI is InChI=1S/C19H14Cl2N2O3/c1-11-17(12(2)24)22-23(15-5-3-4-14(21)10-15)19(25)18(11)26-16-8-6-13(20)7-9-16/h3-10H,1-2H3. The summed E-state index contributed by atoms with van der Waals surface area (Å²) in [7, 11) is 0. The number of benzene rings is 2. The van der Waals surface area contributed by atoms with Gasteiger partial charge in [0, 0.05) is 22.5 Å². The van der Waals surface area contributed by atoms with Gasteiger partial charge in [-0.3, -0.25) is 9.59 Å². The molecular formula is C19H14Cl2N2O3. The number of nitrogens with zero attached hydrogens (tertiary/aromatic N) is 2. The number of halogens is 2. The van der Waals surface area contributed by atoms with E-state index in [0.717, 1.165) is 4.68 Å². The highest BCUT2D eigenvalue weighted by molar-refractivity contribution is 6.30. The largest absolute Gasteiger partial charge is 0.451 e. The van der Waals surface area contributed by atoms with Crippen molar-refractivity contribution >= 4 is 29.0 Å². The summed E-state index contributed by atoms with van der Waals surface area (Å²) in [4.78, 5) is 24.9. The highest BCUT2D eigenvalue weighted by atomic mass is 35.5. The normalized spacial score (nSPS) is 10.6. The van der Waals surface area contributed by atoms with Crippen LogP contribution in [0.2, 0.25) is 10.0 Å². The maximum absolute atomic E-state index is 12.9. The number of hydrogen-bond acceptors (Lipinski definition) is 4. The number of hydrogen-bond donors (Lipinski definition) is 0. The number of carbonyl (C=O) groups is 1. The quantitative estimate of drug-likeness (QED) is 0.599. The SMILES string of the molecule is CC(=O)c1nn(-c2cccc(Cl)c2)c(=O)c(Oc2ccc(Cl)cc2)c1C. The fourth-order valence-corrected chi connectivity index (χ4v) is 2.75. The van der Waals surface area contributed by atoms with Gasteiger partial charge in [0.25, 0.3) is 0 Å². The van der Waals surface area contributed by atoms with Crippen molar-refractivity contribution in [2.75, 3.05) is 0 Å². The molecule has 3 rings (SSSR count). The molecule has 0 aliphatic rings. The molecule has 0 atom stereocenters. The minimum Gasteiger partial charge on any atom is -0.451 e. The maximum Gasteiger partial charge on any atom is 0.314 e. The summed E-state index contributed by atoms with van der Waals surface area (Å²) in [6.07, 6.45) is 0. The topological polar surface area (TPSA) is 61.2 Å². The molecule has 0 aliphatic heterocycles. The van der Waals surface area contributed by atoms with Gasteiger partial charge in [-0.2, -0.15) is 9.78 Å². The predicted octanol–water partition coefficient (Wildman–Crippen LogP) is 4.84. The van der Waals surface area contributed by atoms with Crippen LogP contribution in [-0.4, -0.2) is 15.6 Å². The van der Waals surface area contributed by atoms with Crippen LogP contribution in [-0.2, 0) is 0 Å². The molecule has 2 aromatic carbocycles. The monoisotopic (exact) mass is 388 g/mol. The van der Waals surface area contributed by atoms with Crippen molar-refractivity contribution in [1.29, 1.82) is 0 Å². The van der Waals surface area contributed by atoms with Crippen molar-refractivity contribution < 1.29 is 9.53 Å². The van der Waals surface area contributed by atoms with Crippen LogP contribution < -0.4 is 10.3 Å². The van der Waals surface area contributed by atoms with Gasteiger partial charge in [-0.05, 0) is 49.4 Å². The summed E-state index contributed by atoms with van der Waals surface area (Å²) >= 11 is 11.9. The zero-order valence-electron chi connectivity index (χ0n) is 14.0. The first-order valence-corrected chi connectivity index (χ1v) is 8.46. The minimum atomic E-state index is -0.496. The van der Waals surface area contributed by atoms with E-state index in [1.165, 1.54) is 6.92 Å². The van der Waals surface area contributed by atoms with Gasteiger partial charge in [-0.25, -0.2) is 0 Å². The number of ketones is 1. The van der Waals surface area contributed by atoms with E-state index in [1.54, 1.807) is 55.5 Å². The Morgan fingerprint density at radius 3 is 2.38 bits per heavy atom. The third-order valence-corrected chi connectivity index (χ3v) is 4.19. The average molecular weight is 389 g/mol. The molecule has 0 amide bonds. The second-order valence-electron chi connectivity index (χ2n) is 5.61. The van der Waals surface area contributed by atoms with Crippen LogP contribution in [0.3, 0.4) is 0 Å². The van der Waals surface area contributed by atoms with Gasteiger partial charge in [-0.1, -0.05) is 29.3 Å². The lowest BCUT2D eigenvalue weighted by Crippen LogP contribution is -2.26. The first-order chi connectivity index (χ1) is 12.4. The highest BCUT2D eigenvalue weighted by Gasteiger charge is 2.20. The molecule has 7 heteroatoms. The summed E-state index contributed by atoms with van der Waals surface area (Å²) in [5, 5.41) is 5.19. The predicted molar refractivity (Wildman–Crippen MR) is 101 cm³/mol. The molecule has 3 aromatic rings. The third kappa shape index (κ3) is 3.64. The summed E-state index contributed by atoms with van der Waals surface area (Å²) in [6.45, 7) is 3.01. The molecule has 0 saturated heterocycles. The molecule has 0 spiro atoms. The van der Waals surface area contributed by atoms with Crippen molar-refractivity contribution in [2.45, 2.75) is 13.8 Å². The Bertz CT molecular complexity index is 1040. The fraction of sp³-hybridized carbons (Fsp3) is 0.105. The van der Waals surface area contributed by atoms with Crippen molar-refractivity contribution in [3.63, 3.8) is 0 Å². The fourth-order valence-electron chi connectivity index (χ4n) is 2.44. The Hall–Kier alpha value is -2.63. The molecule has 0 fully saturated rings. The molecule has 132 valence electrons. The van der Waals surface area contributed by atoms with E-state index >= 15 is 0 Å². The number of ether oxygens (including phenoxy) is 1. The lowest BCUT2D eigenvalue weighted by atomic mass is 10.1. The molecule has 5 nitrogen and oxygen atoms in total. The second-order valence-corrected chi connectivity index (χ2v) is 6.48. The van der Waals surface area contributed by atoms with Crippen molar-refractivity contribution in [2.24, 2.45) is 0 Å². The first-order valence-electron chi connectivity index (χ1n) is 7.71. The van der Waals surface area contributed by atoms with E-state index in [4.69, 9.17) is 27.9 Å². The Morgan fingerprint density at radius 1 is 1.08 bits per heavy atom. The molecule has 1 heterocycles. The number of aromatic nitrogens is 2. The Morgan fingerprint density at radius 2 is 1.77 bits per heavy atom. The van der Waals surface area contributed by atoms with Gasteiger partial charge in [0.2, 0.25) is 0 Å². The summed E-state index contributed by atoms with van der Waals surface area (Å²) in [5.74, 6) is 0.166. The number of rotatable bonds is 4. The van der Waals surface area contributed by atoms with E-state index in [0.29, 0.717) is 27.0 Å². The van der Waals surface area contributed by atoms with Gasteiger partial charge < -0.3 is 4.74 Å². The van der Waals surface area contributed by atoms with Crippen LogP contribution in [0.25, 0.3) is 5.69 Å². The van der Waals surface area contributed by atoms with Gasteiger partial charge in [-0.15, -0.1) is 0 Å². The lowest BCUT2D eigenvalue weighted by Gasteiger charge is -2.14. The Labute approximate surface area is 159 Å². The molecule has 0 unspecified atom stereocenters. The van der Waals surface area contributed by atoms with Gasteiger partial charge >= 0.3 is 5.56 Å². The molecular weight excluding hydrogens is 375 g/mol. The van der Waals surface area contributed by atoms with Gasteiger partial charge in [0.1, 0.15) is 11.4 Å². The van der Waals surface area contributed by atoms with Crippen molar-refractivity contribution in [1.82, 2.24) is 9.78 Å². The zero-order chi connectivity index (χ0) is 18.8. The van der Waals surface area contributed by atoms with E-state index < -0.39 is 5.56 Å². The van der Waals surface area contributed by atoms with E-state index in [9.17, 15) is 9.59 Å². The molecule has 1 aromatic heterocycles. The molecule has 0 bridgehead atoms. The summed E-state index contributed by atoms with van der Waals surface area (Å²) < 4.78 is 6.87. The molecule has 0 aliphatic carbocycles. The highest BCUT2D eigenvalue weighted by Crippen LogP contribution is 2.25. The van der Waals surface area contributed by atoms with Crippen molar-refractivity contribution in [3.05, 3.63) is 80.2 Å². The molecule has 0 N–H and O–H groups in total. The molecule has 0 saturated carbocycles. The summed E-state index contributed by atoms with van der Waals surface area (Å²) in [6, 6.07) is 13.2. The molecule has 0 radical (unpaired) electrons. The molecule has 26 heavy (non-hydrogen) atoms. The Kier molecular flexibility index (Phi) is 5.11. The average Bonchev–Trinajstić information content (AvgIpc) is 2.60. The zero-order valence-corrected chi connectivity index (χ0v) is 15.5. The van der Waals surface area contributed by atoms with Crippen LogP contribution in [0.4, 0.5) is 0 Å². The van der Waals surface area contributed by atoms with E-state index in [2.05, 4.69) is 5.10 Å². The number of carbonyl (C=O) groups excluding carboxylic acids is 1. The van der Waals surface area contributed by atoms with Gasteiger partial charge in [0.05, 0.1) is 5.69 Å². The first kappa shape index (κ1) is 18.2. The Balaban J connectivity index is 2.21. The van der Waals surface area contributed by atoms with Crippen molar-refractivity contribution in [3.8, 4) is 17.2 Å². The summed E-state index contributed by atoms with van der Waals surface area (Å²) in [5.41, 5.74) is 0.458. The van der Waals surface area contributed by atoms with Crippen LogP contribution >= 0.6 is 23.2 Å². The third-order valence-electron chi connectivity index (χ3n) is 3.70. The number of Topliss-reactive ketones (excluding diaryl/α,β-unsaturated/α-hetero) is 1.